The predicted octanol–water partition coefficient (Wildman–Crippen LogP) is 0.604. The Kier molecular flexibility index (Phi) is 2.55. The monoisotopic (exact) mass is 162 g/mol. The molecular weight excluding hydrogens is 148 g/mol. The molecule has 2 atom stereocenters. The molecule has 2 saturated heterocycles. The van der Waals surface area contributed by atoms with Gasteiger partial charge in [0.1, 0.15) is 0 Å². The lowest BCUT2D eigenvalue weighted by molar-refractivity contribution is 0.314. The summed E-state index contributed by atoms with van der Waals surface area (Å²) in [5.74, 6) is 0. The van der Waals surface area contributed by atoms with Crippen molar-refractivity contribution in [3.8, 4) is 0 Å². The Bertz CT molecular complexity index is 118. The minimum Gasteiger partial charge on any atom is -0.326 e. The summed E-state index contributed by atoms with van der Waals surface area (Å²) >= 11 is 0. The zero-order valence-electron chi connectivity index (χ0n) is 6.12. The summed E-state index contributed by atoms with van der Waals surface area (Å²) in [4.78, 5) is 2.53. The van der Waals surface area contributed by atoms with E-state index >= 15 is 0 Å². The van der Waals surface area contributed by atoms with Crippen molar-refractivity contribution >= 4 is 12.4 Å². The quantitative estimate of drug-likeness (QED) is 0.566. The summed E-state index contributed by atoms with van der Waals surface area (Å²) in [6, 6.07) is 1.25. The number of fused-ring (bicyclic) bond motifs is 1. The molecule has 0 bridgehead atoms. The molecule has 2 rings (SSSR count). The van der Waals surface area contributed by atoms with Crippen LogP contribution >= 0.6 is 12.4 Å². The lowest BCUT2D eigenvalue weighted by Crippen LogP contribution is -2.34. The normalized spacial score (nSPS) is 39.3. The number of nitrogens with zero attached hydrogens (tertiary/aromatic N) is 1. The van der Waals surface area contributed by atoms with Crippen LogP contribution in [0.2, 0.25) is 0 Å². The van der Waals surface area contributed by atoms with E-state index in [1.54, 1.807) is 0 Å². The highest BCUT2D eigenvalue weighted by molar-refractivity contribution is 5.85. The summed E-state index contributed by atoms with van der Waals surface area (Å²) < 4.78 is 0. The molecule has 3 heteroatoms. The van der Waals surface area contributed by atoms with E-state index in [-0.39, 0.29) is 12.4 Å². The first-order valence-electron chi connectivity index (χ1n) is 3.87. The van der Waals surface area contributed by atoms with E-state index < -0.39 is 0 Å². The van der Waals surface area contributed by atoms with Crippen molar-refractivity contribution in [2.45, 2.75) is 31.3 Å². The molecule has 0 aromatic rings. The maximum Gasteiger partial charge on any atom is 0.0248 e. The number of nitrogens with two attached hydrogens (primary N) is 1. The molecule has 2 N–H and O–H groups in total. The molecular formula is C7H15ClN2. The highest BCUT2D eigenvalue weighted by Crippen LogP contribution is 2.26. The molecule has 2 unspecified atom stereocenters. The molecule has 2 fully saturated rings. The van der Waals surface area contributed by atoms with E-state index in [1.165, 1.54) is 32.4 Å². The Hall–Kier alpha value is 0.210. The van der Waals surface area contributed by atoms with Crippen molar-refractivity contribution in [1.82, 2.24) is 4.90 Å². The molecule has 2 aliphatic heterocycles. The van der Waals surface area contributed by atoms with Gasteiger partial charge in [0.25, 0.3) is 0 Å². The molecule has 0 saturated carbocycles. The third-order valence-electron chi connectivity index (χ3n) is 2.66. The SMILES string of the molecule is Cl.NC1CCN2CCCC12. The molecule has 2 aliphatic rings. The summed E-state index contributed by atoms with van der Waals surface area (Å²) in [6.45, 7) is 2.56. The minimum atomic E-state index is 0. The average Bonchev–Trinajstić information content (AvgIpc) is 2.35. The molecule has 0 aliphatic carbocycles. The van der Waals surface area contributed by atoms with Crippen molar-refractivity contribution < 1.29 is 0 Å². The van der Waals surface area contributed by atoms with Gasteiger partial charge in [-0.2, -0.15) is 0 Å². The van der Waals surface area contributed by atoms with Gasteiger partial charge in [-0.25, -0.2) is 0 Å². The third-order valence-corrected chi connectivity index (χ3v) is 2.66. The molecule has 0 amide bonds. The Morgan fingerprint density at radius 1 is 1.20 bits per heavy atom. The van der Waals surface area contributed by atoms with Crippen LogP contribution in [0.15, 0.2) is 0 Å². The zero-order valence-corrected chi connectivity index (χ0v) is 6.94. The Morgan fingerprint density at radius 3 is 2.70 bits per heavy atom. The molecule has 0 aromatic carbocycles. The van der Waals surface area contributed by atoms with Crippen molar-refractivity contribution in [3.05, 3.63) is 0 Å². The van der Waals surface area contributed by atoms with Gasteiger partial charge in [-0.3, -0.25) is 4.90 Å². The average molecular weight is 163 g/mol. The number of hydrogen-bond donors (Lipinski definition) is 1. The van der Waals surface area contributed by atoms with Crippen LogP contribution < -0.4 is 5.73 Å². The van der Waals surface area contributed by atoms with E-state index in [1.807, 2.05) is 0 Å². The fraction of sp³-hybridized carbons (Fsp3) is 1.00. The predicted molar refractivity (Wildman–Crippen MR) is 44.4 cm³/mol. The second-order valence-corrected chi connectivity index (χ2v) is 3.20. The van der Waals surface area contributed by atoms with Crippen molar-refractivity contribution in [1.29, 1.82) is 0 Å². The maximum atomic E-state index is 5.88. The Balaban J connectivity index is 0.000000500. The molecule has 0 spiro atoms. The molecule has 0 radical (unpaired) electrons. The van der Waals surface area contributed by atoms with E-state index in [0.29, 0.717) is 6.04 Å². The van der Waals surface area contributed by atoms with Crippen molar-refractivity contribution in [2.24, 2.45) is 5.73 Å². The van der Waals surface area contributed by atoms with Crippen LogP contribution in [0.25, 0.3) is 0 Å². The number of halogens is 1. The fourth-order valence-corrected chi connectivity index (χ4v) is 2.12. The van der Waals surface area contributed by atoms with Gasteiger partial charge >= 0.3 is 0 Å². The van der Waals surface area contributed by atoms with Gasteiger partial charge in [-0.15, -0.1) is 12.4 Å². The van der Waals surface area contributed by atoms with Crippen molar-refractivity contribution in [2.75, 3.05) is 13.1 Å². The molecule has 60 valence electrons. The van der Waals surface area contributed by atoms with E-state index in [2.05, 4.69) is 4.90 Å². The van der Waals surface area contributed by atoms with Crippen LogP contribution in [0.4, 0.5) is 0 Å². The number of hydrogen-bond acceptors (Lipinski definition) is 2. The summed E-state index contributed by atoms with van der Waals surface area (Å²) in [7, 11) is 0. The molecule has 10 heavy (non-hydrogen) atoms. The molecule has 0 aromatic heterocycles. The summed E-state index contributed by atoms with van der Waals surface area (Å²) in [5, 5.41) is 0. The highest BCUT2D eigenvalue weighted by atomic mass is 35.5. The highest BCUT2D eigenvalue weighted by Gasteiger charge is 2.34. The van der Waals surface area contributed by atoms with Crippen LogP contribution in [-0.2, 0) is 0 Å². The first kappa shape index (κ1) is 8.31. The van der Waals surface area contributed by atoms with Crippen LogP contribution in [-0.4, -0.2) is 30.1 Å². The Labute approximate surface area is 68.2 Å². The largest absolute Gasteiger partial charge is 0.326 e. The third kappa shape index (κ3) is 1.16. The summed E-state index contributed by atoms with van der Waals surface area (Å²) in [6.07, 6.45) is 3.95. The number of rotatable bonds is 0. The van der Waals surface area contributed by atoms with Crippen LogP contribution in [0, 0.1) is 0 Å². The smallest absolute Gasteiger partial charge is 0.0248 e. The second kappa shape index (κ2) is 3.07. The van der Waals surface area contributed by atoms with Gasteiger partial charge in [0.15, 0.2) is 0 Å². The first-order valence-corrected chi connectivity index (χ1v) is 3.87. The Morgan fingerprint density at radius 2 is 2.00 bits per heavy atom. The topological polar surface area (TPSA) is 29.3 Å². The maximum absolute atomic E-state index is 5.88. The first-order chi connectivity index (χ1) is 4.38. The van der Waals surface area contributed by atoms with E-state index in [9.17, 15) is 0 Å². The lowest BCUT2D eigenvalue weighted by Gasteiger charge is -2.15. The van der Waals surface area contributed by atoms with Gasteiger partial charge in [0.05, 0.1) is 0 Å². The van der Waals surface area contributed by atoms with Crippen LogP contribution in [0.3, 0.4) is 0 Å². The van der Waals surface area contributed by atoms with Crippen molar-refractivity contribution in [3.63, 3.8) is 0 Å². The fourth-order valence-electron chi connectivity index (χ4n) is 2.12. The van der Waals surface area contributed by atoms with Crippen LogP contribution in [0.1, 0.15) is 19.3 Å². The second-order valence-electron chi connectivity index (χ2n) is 3.20. The lowest BCUT2D eigenvalue weighted by atomic mass is 10.1. The van der Waals surface area contributed by atoms with Crippen LogP contribution in [0.5, 0.6) is 0 Å². The summed E-state index contributed by atoms with van der Waals surface area (Å²) in [5.41, 5.74) is 5.88. The minimum absolute atomic E-state index is 0. The standard InChI is InChI=1S/C7H14N2.ClH/c8-6-3-5-9-4-1-2-7(6)9;/h6-7H,1-5,8H2;1H. The molecule has 2 heterocycles. The van der Waals surface area contributed by atoms with E-state index in [4.69, 9.17) is 5.73 Å². The van der Waals surface area contributed by atoms with Gasteiger partial charge in [-0.1, -0.05) is 0 Å². The van der Waals surface area contributed by atoms with Gasteiger partial charge in [0, 0.05) is 18.6 Å². The zero-order chi connectivity index (χ0) is 6.27. The van der Waals surface area contributed by atoms with Gasteiger partial charge < -0.3 is 5.73 Å². The molecule has 2 nitrogen and oxygen atoms in total. The van der Waals surface area contributed by atoms with Gasteiger partial charge in [0.2, 0.25) is 0 Å². The van der Waals surface area contributed by atoms with Gasteiger partial charge in [-0.05, 0) is 25.8 Å². The van der Waals surface area contributed by atoms with E-state index in [0.717, 1.165) is 6.04 Å².